The third-order valence-electron chi connectivity index (χ3n) is 3.12. The first-order valence-corrected chi connectivity index (χ1v) is 6.54. The SMILES string of the molecule is CCC(C)N(C)CCn1cc(Br)cc1C(=O)O. The van der Waals surface area contributed by atoms with Gasteiger partial charge in [-0.2, -0.15) is 0 Å². The third kappa shape index (κ3) is 3.85. The topological polar surface area (TPSA) is 45.5 Å². The zero-order valence-corrected chi connectivity index (χ0v) is 12.1. The summed E-state index contributed by atoms with van der Waals surface area (Å²) in [6.45, 7) is 5.85. The molecule has 0 aliphatic rings. The highest BCUT2D eigenvalue weighted by Gasteiger charge is 2.13. The summed E-state index contributed by atoms with van der Waals surface area (Å²) >= 11 is 3.30. The smallest absolute Gasteiger partial charge is 0.352 e. The molecule has 0 saturated heterocycles. The second kappa shape index (κ2) is 6.21. The van der Waals surface area contributed by atoms with Crippen molar-refractivity contribution in [1.29, 1.82) is 0 Å². The van der Waals surface area contributed by atoms with E-state index in [2.05, 4.69) is 41.7 Å². The van der Waals surface area contributed by atoms with E-state index in [4.69, 9.17) is 5.11 Å². The van der Waals surface area contributed by atoms with Crippen LogP contribution in [-0.2, 0) is 6.54 Å². The quantitative estimate of drug-likeness (QED) is 0.879. The number of aromatic nitrogens is 1. The van der Waals surface area contributed by atoms with E-state index >= 15 is 0 Å². The van der Waals surface area contributed by atoms with E-state index in [9.17, 15) is 4.79 Å². The summed E-state index contributed by atoms with van der Waals surface area (Å²) in [5.74, 6) is -0.887. The van der Waals surface area contributed by atoms with Gasteiger partial charge < -0.3 is 14.6 Å². The molecular weight excluding hydrogens is 284 g/mol. The van der Waals surface area contributed by atoms with E-state index in [1.807, 2.05) is 6.20 Å². The summed E-state index contributed by atoms with van der Waals surface area (Å²) in [6.07, 6.45) is 2.91. The van der Waals surface area contributed by atoms with Crippen LogP contribution in [0.5, 0.6) is 0 Å². The molecule has 1 heterocycles. The minimum atomic E-state index is -0.887. The number of aromatic carboxylic acids is 1. The summed E-state index contributed by atoms with van der Waals surface area (Å²) in [4.78, 5) is 13.3. The Bertz CT molecular complexity index is 390. The van der Waals surface area contributed by atoms with Crippen molar-refractivity contribution in [3.8, 4) is 0 Å². The first-order chi connectivity index (χ1) is 7.95. The first-order valence-electron chi connectivity index (χ1n) is 5.75. The van der Waals surface area contributed by atoms with E-state index in [1.54, 1.807) is 10.6 Å². The van der Waals surface area contributed by atoms with Gasteiger partial charge in [-0.15, -0.1) is 0 Å². The van der Waals surface area contributed by atoms with Crippen molar-refractivity contribution >= 4 is 21.9 Å². The largest absolute Gasteiger partial charge is 0.477 e. The predicted octanol–water partition coefficient (Wildman–Crippen LogP) is 2.68. The molecule has 1 aromatic heterocycles. The Balaban J connectivity index is 2.66. The standard InChI is InChI=1S/C12H19BrN2O2/c1-4-9(2)14(3)5-6-15-8-10(13)7-11(15)12(16)17/h7-9H,4-6H2,1-3H3,(H,16,17). The third-order valence-corrected chi connectivity index (χ3v) is 3.55. The number of halogens is 1. The summed E-state index contributed by atoms with van der Waals surface area (Å²) in [5.41, 5.74) is 0.328. The maximum absolute atomic E-state index is 11.0. The van der Waals surface area contributed by atoms with Crippen LogP contribution in [0.15, 0.2) is 16.7 Å². The molecule has 5 heteroatoms. The molecule has 0 aromatic carbocycles. The molecule has 0 bridgehead atoms. The minimum Gasteiger partial charge on any atom is -0.477 e. The summed E-state index contributed by atoms with van der Waals surface area (Å²) in [5, 5.41) is 9.04. The van der Waals surface area contributed by atoms with E-state index in [0.717, 1.165) is 17.4 Å². The lowest BCUT2D eigenvalue weighted by Crippen LogP contribution is -2.31. The maximum Gasteiger partial charge on any atom is 0.352 e. The van der Waals surface area contributed by atoms with Gasteiger partial charge in [0.15, 0.2) is 0 Å². The fourth-order valence-electron chi connectivity index (χ4n) is 1.64. The Morgan fingerprint density at radius 2 is 2.29 bits per heavy atom. The van der Waals surface area contributed by atoms with E-state index < -0.39 is 5.97 Å². The van der Waals surface area contributed by atoms with Crippen LogP contribution >= 0.6 is 15.9 Å². The molecule has 1 atom stereocenters. The van der Waals surface area contributed by atoms with Crippen molar-refractivity contribution in [2.24, 2.45) is 0 Å². The molecule has 96 valence electrons. The van der Waals surface area contributed by atoms with Crippen LogP contribution in [0.4, 0.5) is 0 Å². The molecular formula is C12H19BrN2O2. The Labute approximate surface area is 110 Å². The van der Waals surface area contributed by atoms with Crippen LogP contribution in [0.3, 0.4) is 0 Å². The Morgan fingerprint density at radius 1 is 1.65 bits per heavy atom. The second-order valence-corrected chi connectivity index (χ2v) is 5.20. The zero-order valence-electron chi connectivity index (χ0n) is 10.5. The van der Waals surface area contributed by atoms with Crippen LogP contribution in [-0.4, -0.2) is 40.2 Å². The number of rotatable bonds is 6. The number of hydrogen-bond acceptors (Lipinski definition) is 2. The van der Waals surface area contributed by atoms with Crippen LogP contribution in [0.25, 0.3) is 0 Å². The lowest BCUT2D eigenvalue weighted by Gasteiger charge is -2.23. The maximum atomic E-state index is 11.0. The van der Waals surface area contributed by atoms with E-state index in [1.165, 1.54) is 0 Å². The Kier molecular flexibility index (Phi) is 5.21. The highest BCUT2D eigenvalue weighted by molar-refractivity contribution is 9.10. The fourth-order valence-corrected chi connectivity index (χ4v) is 2.10. The Morgan fingerprint density at radius 3 is 2.82 bits per heavy atom. The van der Waals surface area contributed by atoms with E-state index in [-0.39, 0.29) is 0 Å². The van der Waals surface area contributed by atoms with Gasteiger partial charge in [0.1, 0.15) is 5.69 Å². The average Bonchev–Trinajstić information content (AvgIpc) is 2.66. The van der Waals surface area contributed by atoms with Gasteiger partial charge in [-0.3, -0.25) is 0 Å². The van der Waals surface area contributed by atoms with E-state index in [0.29, 0.717) is 18.3 Å². The van der Waals surface area contributed by atoms with Crippen molar-refractivity contribution in [1.82, 2.24) is 9.47 Å². The summed E-state index contributed by atoms with van der Waals surface area (Å²) in [7, 11) is 2.06. The lowest BCUT2D eigenvalue weighted by atomic mass is 10.2. The molecule has 1 unspecified atom stereocenters. The van der Waals surface area contributed by atoms with Gasteiger partial charge in [0.2, 0.25) is 0 Å². The van der Waals surface area contributed by atoms with Crippen molar-refractivity contribution < 1.29 is 9.90 Å². The van der Waals surface area contributed by atoms with Crippen LogP contribution < -0.4 is 0 Å². The van der Waals surface area contributed by atoms with Gasteiger partial charge in [0.05, 0.1) is 0 Å². The molecule has 0 aliphatic heterocycles. The van der Waals surface area contributed by atoms with Crippen molar-refractivity contribution in [3.63, 3.8) is 0 Å². The number of carbonyl (C=O) groups is 1. The summed E-state index contributed by atoms with van der Waals surface area (Å²) in [6, 6.07) is 2.15. The predicted molar refractivity (Wildman–Crippen MR) is 71.5 cm³/mol. The normalized spacial score (nSPS) is 13.0. The molecule has 0 spiro atoms. The van der Waals surface area contributed by atoms with Crippen LogP contribution in [0.2, 0.25) is 0 Å². The minimum absolute atomic E-state index is 0.328. The molecule has 17 heavy (non-hydrogen) atoms. The van der Waals surface area contributed by atoms with Gasteiger partial charge in [-0.25, -0.2) is 4.79 Å². The molecule has 0 fully saturated rings. The highest BCUT2D eigenvalue weighted by atomic mass is 79.9. The molecule has 0 amide bonds. The van der Waals surface area contributed by atoms with Gasteiger partial charge in [0.25, 0.3) is 0 Å². The van der Waals surface area contributed by atoms with Gasteiger partial charge in [-0.05, 0) is 42.4 Å². The van der Waals surface area contributed by atoms with Gasteiger partial charge >= 0.3 is 5.97 Å². The van der Waals surface area contributed by atoms with Crippen LogP contribution in [0, 0.1) is 0 Å². The molecule has 0 radical (unpaired) electrons. The number of carboxylic acid groups (broad SMARTS) is 1. The molecule has 1 rings (SSSR count). The molecule has 0 aliphatic carbocycles. The number of likely N-dealkylation sites (N-methyl/N-ethyl adjacent to an activating group) is 1. The van der Waals surface area contributed by atoms with Gasteiger partial charge in [-0.1, -0.05) is 6.92 Å². The van der Waals surface area contributed by atoms with Gasteiger partial charge in [0, 0.05) is 29.8 Å². The van der Waals surface area contributed by atoms with Crippen LogP contribution in [0.1, 0.15) is 30.8 Å². The number of nitrogens with zero attached hydrogens (tertiary/aromatic N) is 2. The monoisotopic (exact) mass is 302 g/mol. The first kappa shape index (κ1) is 14.3. The summed E-state index contributed by atoms with van der Waals surface area (Å²) < 4.78 is 2.58. The second-order valence-electron chi connectivity index (χ2n) is 4.28. The number of hydrogen-bond donors (Lipinski definition) is 1. The molecule has 1 N–H and O–H groups in total. The Hall–Kier alpha value is -0.810. The molecule has 1 aromatic rings. The van der Waals surface area contributed by atoms with Crippen molar-refractivity contribution in [2.75, 3.05) is 13.6 Å². The fraction of sp³-hybridized carbons (Fsp3) is 0.583. The lowest BCUT2D eigenvalue weighted by molar-refractivity contribution is 0.0684. The zero-order chi connectivity index (χ0) is 13.0. The average molecular weight is 303 g/mol. The highest BCUT2D eigenvalue weighted by Crippen LogP contribution is 2.15. The molecule has 0 saturated carbocycles. The number of carboxylic acids is 1. The molecule has 4 nitrogen and oxygen atoms in total. The van der Waals surface area contributed by atoms with Crippen molar-refractivity contribution in [3.05, 3.63) is 22.4 Å². The van der Waals surface area contributed by atoms with Crippen molar-refractivity contribution in [2.45, 2.75) is 32.9 Å².